The predicted molar refractivity (Wildman–Crippen MR) is 132 cm³/mol. The topological polar surface area (TPSA) is 105 Å². The Labute approximate surface area is 204 Å². The summed E-state index contributed by atoms with van der Waals surface area (Å²) in [5, 5.41) is 14.0. The maximum Gasteiger partial charge on any atom is 0.411 e. The number of fused-ring (bicyclic) bond motifs is 3. The second-order valence-corrected chi connectivity index (χ2v) is 8.84. The van der Waals surface area contributed by atoms with Crippen LogP contribution in [0.15, 0.2) is 66.7 Å². The fourth-order valence-electron chi connectivity index (χ4n) is 3.84. The zero-order valence-corrected chi connectivity index (χ0v) is 19.8. The molecular formula is C25H21IN2O5. The summed E-state index contributed by atoms with van der Waals surface area (Å²) in [5.74, 6) is -1.66. The average Bonchev–Trinajstić information content (AvgIpc) is 3.12. The first-order valence-electron chi connectivity index (χ1n) is 10.3. The van der Waals surface area contributed by atoms with Crippen LogP contribution in [0.4, 0.5) is 10.5 Å². The van der Waals surface area contributed by atoms with Crippen molar-refractivity contribution in [1.82, 2.24) is 5.32 Å². The number of carbonyl (C=O) groups excluding carboxylic acids is 2. The number of halogens is 1. The molecule has 0 saturated heterocycles. The van der Waals surface area contributed by atoms with Crippen molar-refractivity contribution in [1.29, 1.82) is 0 Å². The van der Waals surface area contributed by atoms with Gasteiger partial charge in [-0.25, -0.2) is 4.79 Å². The highest BCUT2D eigenvalue weighted by atomic mass is 127. The smallest absolute Gasteiger partial charge is 0.411 e. The van der Waals surface area contributed by atoms with E-state index in [1.54, 1.807) is 12.1 Å². The molecule has 0 fully saturated rings. The van der Waals surface area contributed by atoms with E-state index in [-0.39, 0.29) is 12.5 Å². The van der Waals surface area contributed by atoms with Crippen LogP contribution in [0.2, 0.25) is 0 Å². The number of amides is 2. The Morgan fingerprint density at radius 2 is 1.61 bits per heavy atom. The molecule has 0 aliphatic heterocycles. The largest absolute Gasteiger partial charge is 0.480 e. The summed E-state index contributed by atoms with van der Waals surface area (Å²) in [7, 11) is 0. The number of carboxylic acid groups (broad SMARTS) is 1. The highest BCUT2D eigenvalue weighted by molar-refractivity contribution is 14.1. The number of hydrogen-bond donors (Lipinski definition) is 3. The van der Waals surface area contributed by atoms with Gasteiger partial charge >= 0.3 is 12.1 Å². The molecule has 0 radical (unpaired) electrons. The van der Waals surface area contributed by atoms with Gasteiger partial charge in [0.1, 0.15) is 12.6 Å². The maximum absolute atomic E-state index is 12.5. The monoisotopic (exact) mass is 556 g/mol. The molecule has 0 spiro atoms. The average molecular weight is 556 g/mol. The van der Waals surface area contributed by atoms with Gasteiger partial charge in [0.2, 0.25) is 0 Å². The summed E-state index contributed by atoms with van der Waals surface area (Å²) < 4.78 is 6.18. The minimum absolute atomic E-state index is 0.0375. The number of ether oxygens (including phenoxy) is 1. The summed E-state index contributed by atoms with van der Waals surface area (Å²) >= 11 is 2.00. The van der Waals surface area contributed by atoms with Crippen molar-refractivity contribution in [3.8, 4) is 11.1 Å². The molecule has 2 amide bonds. The second-order valence-electron chi connectivity index (χ2n) is 7.68. The Kier molecular flexibility index (Phi) is 6.64. The molecule has 0 saturated carbocycles. The third kappa shape index (κ3) is 4.85. The SMILES string of the molecule is C[C@@H](NC(=O)c1ccc(NC(=O)OCC2c3ccccc3-c3ccccc32)c(I)c1)C(=O)O. The Morgan fingerprint density at radius 3 is 2.18 bits per heavy atom. The maximum atomic E-state index is 12.5. The zero-order valence-electron chi connectivity index (χ0n) is 17.7. The molecular weight excluding hydrogens is 535 g/mol. The lowest BCUT2D eigenvalue weighted by Crippen LogP contribution is -2.38. The van der Waals surface area contributed by atoms with E-state index in [1.165, 1.54) is 13.0 Å². The third-order valence-corrected chi connectivity index (χ3v) is 6.42. The molecule has 7 nitrogen and oxygen atoms in total. The lowest BCUT2D eigenvalue weighted by Gasteiger charge is -2.15. The van der Waals surface area contributed by atoms with E-state index in [2.05, 4.69) is 34.9 Å². The van der Waals surface area contributed by atoms with Crippen molar-refractivity contribution in [3.63, 3.8) is 0 Å². The summed E-state index contributed by atoms with van der Waals surface area (Å²) in [6, 6.07) is 19.9. The standard InChI is InChI=1S/C25H21IN2O5/c1-14(24(30)31)27-23(29)15-10-11-22(21(26)12-15)28-25(32)33-13-20-18-8-4-2-6-16(18)17-7-3-5-9-19(17)20/h2-12,14,20H,13H2,1H3,(H,27,29)(H,28,32)(H,30,31)/t14-/m1/s1. The lowest BCUT2D eigenvalue weighted by molar-refractivity contribution is -0.138. The Morgan fingerprint density at radius 1 is 1.00 bits per heavy atom. The first kappa shape index (κ1) is 22.8. The Bertz CT molecular complexity index is 1200. The van der Waals surface area contributed by atoms with Crippen LogP contribution in [-0.2, 0) is 9.53 Å². The van der Waals surface area contributed by atoms with E-state index < -0.39 is 24.0 Å². The van der Waals surface area contributed by atoms with Crippen LogP contribution in [0.25, 0.3) is 11.1 Å². The minimum atomic E-state index is -1.12. The van der Waals surface area contributed by atoms with E-state index in [0.29, 0.717) is 14.8 Å². The molecule has 0 aromatic heterocycles. The van der Waals surface area contributed by atoms with Crippen LogP contribution in [0.3, 0.4) is 0 Å². The molecule has 0 heterocycles. The number of nitrogens with one attached hydrogen (secondary N) is 2. The van der Waals surface area contributed by atoms with Crippen molar-refractivity contribution in [2.45, 2.75) is 18.9 Å². The van der Waals surface area contributed by atoms with Gasteiger partial charge in [-0.1, -0.05) is 48.5 Å². The van der Waals surface area contributed by atoms with Gasteiger partial charge in [0, 0.05) is 15.1 Å². The van der Waals surface area contributed by atoms with Gasteiger partial charge < -0.3 is 15.2 Å². The molecule has 1 atom stereocenters. The van der Waals surface area contributed by atoms with Crippen LogP contribution in [0.5, 0.6) is 0 Å². The van der Waals surface area contributed by atoms with Gasteiger partial charge in [-0.05, 0) is 70.0 Å². The number of hydrogen-bond acceptors (Lipinski definition) is 4. The summed E-state index contributed by atoms with van der Waals surface area (Å²) in [4.78, 5) is 35.6. The molecule has 0 bridgehead atoms. The fourth-order valence-corrected chi connectivity index (χ4v) is 4.49. The van der Waals surface area contributed by atoms with Gasteiger partial charge in [-0.2, -0.15) is 0 Å². The highest BCUT2D eigenvalue weighted by Gasteiger charge is 2.29. The van der Waals surface area contributed by atoms with Crippen molar-refractivity contribution < 1.29 is 24.2 Å². The molecule has 3 N–H and O–H groups in total. The molecule has 168 valence electrons. The van der Waals surface area contributed by atoms with Gasteiger partial charge in [-0.3, -0.25) is 14.9 Å². The van der Waals surface area contributed by atoms with Crippen LogP contribution in [0.1, 0.15) is 34.3 Å². The molecule has 8 heteroatoms. The molecule has 4 rings (SSSR count). The first-order chi connectivity index (χ1) is 15.8. The fraction of sp³-hybridized carbons (Fsp3) is 0.160. The number of rotatable bonds is 6. The summed E-state index contributed by atoms with van der Waals surface area (Å²) in [5.41, 5.74) is 5.37. The molecule has 3 aromatic carbocycles. The number of carbonyl (C=O) groups is 3. The number of carboxylic acids is 1. The van der Waals surface area contributed by atoms with Crippen LogP contribution in [-0.4, -0.2) is 35.7 Å². The Hall–Kier alpha value is -3.40. The third-order valence-electron chi connectivity index (χ3n) is 5.53. The zero-order chi connectivity index (χ0) is 23.5. The number of benzene rings is 3. The van der Waals surface area contributed by atoms with E-state index in [9.17, 15) is 14.4 Å². The Balaban J connectivity index is 1.41. The van der Waals surface area contributed by atoms with Crippen LogP contribution >= 0.6 is 22.6 Å². The molecule has 3 aromatic rings. The quantitative estimate of drug-likeness (QED) is 0.377. The van der Waals surface area contributed by atoms with Crippen molar-refractivity contribution in [2.75, 3.05) is 11.9 Å². The predicted octanol–water partition coefficient (Wildman–Crippen LogP) is 4.86. The minimum Gasteiger partial charge on any atom is -0.480 e. The highest BCUT2D eigenvalue weighted by Crippen LogP contribution is 2.44. The van der Waals surface area contributed by atoms with E-state index >= 15 is 0 Å². The van der Waals surface area contributed by atoms with Crippen LogP contribution < -0.4 is 10.6 Å². The van der Waals surface area contributed by atoms with Crippen molar-refractivity contribution in [2.24, 2.45) is 0 Å². The lowest BCUT2D eigenvalue weighted by atomic mass is 9.98. The van der Waals surface area contributed by atoms with E-state index in [0.717, 1.165) is 22.3 Å². The first-order valence-corrected chi connectivity index (χ1v) is 11.4. The van der Waals surface area contributed by atoms with Crippen molar-refractivity contribution >= 4 is 46.2 Å². The normalized spacial score (nSPS) is 12.9. The summed E-state index contributed by atoms with van der Waals surface area (Å²) in [6.45, 7) is 1.59. The number of anilines is 1. The molecule has 1 aliphatic rings. The summed E-state index contributed by atoms with van der Waals surface area (Å²) in [6.07, 6.45) is -0.591. The second kappa shape index (κ2) is 9.62. The van der Waals surface area contributed by atoms with Gasteiger partial charge in [0.05, 0.1) is 5.69 Å². The number of aliphatic carboxylic acids is 1. The van der Waals surface area contributed by atoms with Gasteiger partial charge in [0.15, 0.2) is 0 Å². The van der Waals surface area contributed by atoms with Crippen LogP contribution in [0, 0.1) is 3.57 Å². The molecule has 1 aliphatic carbocycles. The molecule has 33 heavy (non-hydrogen) atoms. The van der Waals surface area contributed by atoms with Gasteiger partial charge in [-0.15, -0.1) is 0 Å². The van der Waals surface area contributed by atoms with Crippen molar-refractivity contribution in [3.05, 3.63) is 87.0 Å². The van der Waals surface area contributed by atoms with Gasteiger partial charge in [0.25, 0.3) is 5.91 Å². The van der Waals surface area contributed by atoms with E-state index in [4.69, 9.17) is 9.84 Å². The van der Waals surface area contributed by atoms with E-state index in [1.807, 2.05) is 46.9 Å². The molecule has 0 unspecified atom stereocenters.